The number of halogens is 1. The molecule has 1 N–H and O–H groups in total. The number of nitrogens with zero attached hydrogens (tertiary/aromatic N) is 3. The number of hydrogen-bond donors (Lipinski definition) is 1. The molecule has 0 aliphatic carbocycles. The maximum atomic E-state index is 10.5. The third-order valence-corrected chi connectivity index (χ3v) is 5.32. The highest BCUT2D eigenvalue weighted by Crippen LogP contribution is 2.38. The average molecular weight is 384 g/mol. The van der Waals surface area contributed by atoms with Crippen molar-refractivity contribution in [2.75, 3.05) is 13.2 Å². The molecule has 0 spiro atoms. The molecule has 3 aromatic rings. The lowest BCUT2D eigenvalue weighted by molar-refractivity contribution is 0.217. The van der Waals surface area contributed by atoms with Crippen molar-refractivity contribution in [2.45, 2.75) is 20.0 Å². The van der Waals surface area contributed by atoms with Crippen molar-refractivity contribution < 1.29 is 9.84 Å². The fourth-order valence-electron chi connectivity index (χ4n) is 3.46. The van der Waals surface area contributed by atoms with E-state index >= 15 is 0 Å². The Balaban J connectivity index is 1.65. The number of aryl methyl sites for hydroxylation is 1. The summed E-state index contributed by atoms with van der Waals surface area (Å²) in [4.78, 5) is 2.32. The maximum Gasteiger partial charge on any atom is 0.165 e. The summed E-state index contributed by atoms with van der Waals surface area (Å²) in [7, 11) is 1.95. The Morgan fingerprint density at radius 2 is 2.07 bits per heavy atom. The van der Waals surface area contributed by atoms with Gasteiger partial charge in [-0.3, -0.25) is 9.58 Å². The molecule has 1 aliphatic heterocycles. The maximum absolute atomic E-state index is 10.5. The minimum Gasteiger partial charge on any atom is -0.504 e. The highest BCUT2D eigenvalue weighted by atomic mass is 35.5. The van der Waals surface area contributed by atoms with Crippen molar-refractivity contribution in [1.29, 1.82) is 0 Å². The number of phenolic OH excluding ortho intramolecular Hbond substituents is 1. The first kappa shape index (κ1) is 17.9. The number of rotatable bonds is 3. The van der Waals surface area contributed by atoms with Crippen LogP contribution < -0.4 is 4.74 Å². The van der Waals surface area contributed by atoms with Gasteiger partial charge in [-0.1, -0.05) is 23.7 Å². The normalized spacial score (nSPS) is 14.5. The lowest BCUT2D eigenvalue weighted by Gasteiger charge is -2.19. The molecule has 1 aliphatic rings. The third kappa shape index (κ3) is 3.66. The fraction of sp³-hybridized carbons (Fsp3) is 0.286. The molecular formula is C21H22ClN3O2. The number of hydrogen-bond acceptors (Lipinski definition) is 4. The minimum atomic E-state index is 0.168. The van der Waals surface area contributed by atoms with E-state index in [0.29, 0.717) is 23.9 Å². The number of aromatic hydroxyl groups is 1. The number of benzene rings is 2. The van der Waals surface area contributed by atoms with Crippen molar-refractivity contribution in [3.05, 3.63) is 64.4 Å². The van der Waals surface area contributed by atoms with Crippen LogP contribution in [0, 0.1) is 6.92 Å². The van der Waals surface area contributed by atoms with E-state index < -0.39 is 0 Å². The van der Waals surface area contributed by atoms with Crippen molar-refractivity contribution in [3.8, 4) is 22.6 Å². The Hall–Kier alpha value is -2.50. The lowest BCUT2D eigenvalue weighted by Crippen LogP contribution is -2.25. The summed E-state index contributed by atoms with van der Waals surface area (Å²) in [5, 5.41) is 15.5. The summed E-state index contributed by atoms with van der Waals surface area (Å²) >= 11 is 6.13. The van der Waals surface area contributed by atoms with E-state index in [2.05, 4.69) is 23.0 Å². The Labute approximate surface area is 163 Å². The molecule has 0 saturated carbocycles. The Kier molecular flexibility index (Phi) is 4.81. The minimum absolute atomic E-state index is 0.168. The van der Waals surface area contributed by atoms with Gasteiger partial charge in [0.05, 0.1) is 6.20 Å². The first-order chi connectivity index (χ1) is 13.0. The summed E-state index contributed by atoms with van der Waals surface area (Å²) in [5.41, 5.74) is 5.24. The topological polar surface area (TPSA) is 50.5 Å². The molecule has 2 heterocycles. The van der Waals surface area contributed by atoms with Gasteiger partial charge >= 0.3 is 0 Å². The van der Waals surface area contributed by atoms with Crippen molar-refractivity contribution in [3.63, 3.8) is 0 Å². The van der Waals surface area contributed by atoms with E-state index in [1.165, 1.54) is 5.56 Å². The van der Waals surface area contributed by atoms with Crippen LogP contribution in [0.2, 0.25) is 5.02 Å². The SMILES string of the molecule is Cc1c(CN2CCOc3c(O)cc(-c4cccc(Cl)c4)cc3C2)cnn1C. The number of fused-ring (bicyclic) bond motifs is 1. The van der Waals surface area contributed by atoms with E-state index in [9.17, 15) is 5.11 Å². The smallest absolute Gasteiger partial charge is 0.165 e. The van der Waals surface area contributed by atoms with Gasteiger partial charge in [0, 0.05) is 48.5 Å². The third-order valence-electron chi connectivity index (χ3n) is 5.08. The molecule has 0 bridgehead atoms. The fourth-order valence-corrected chi connectivity index (χ4v) is 3.65. The second-order valence-electron chi connectivity index (χ2n) is 6.93. The van der Waals surface area contributed by atoms with Crippen LogP contribution in [-0.2, 0) is 20.1 Å². The van der Waals surface area contributed by atoms with Gasteiger partial charge in [-0.2, -0.15) is 5.10 Å². The van der Waals surface area contributed by atoms with Gasteiger partial charge in [-0.15, -0.1) is 0 Å². The average Bonchev–Trinajstić information content (AvgIpc) is 2.84. The molecule has 0 unspecified atom stereocenters. The summed E-state index contributed by atoms with van der Waals surface area (Å²) in [6.07, 6.45) is 1.92. The van der Waals surface area contributed by atoms with E-state index in [-0.39, 0.29) is 5.75 Å². The molecule has 6 heteroatoms. The van der Waals surface area contributed by atoms with Crippen molar-refractivity contribution >= 4 is 11.6 Å². The predicted octanol–water partition coefficient (Wildman–Crippen LogP) is 4.15. The molecule has 1 aromatic heterocycles. The van der Waals surface area contributed by atoms with Gasteiger partial charge < -0.3 is 9.84 Å². The molecule has 0 saturated heterocycles. The van der Waals surface area contributed by atoms with Crippen LogP contribution >= 0.6 is 11.6 Å². The van der Waals surface area contributed by atoms with Crippen LogP contribution in [0.3, 0.4) is 0 Å². The Morgan fingerprint density at radius 1 is 1.22 bits per heavy atom. The molecular weight excluding hydrogens is 362 g/mol. The second kappa shape index (κ2) is 7.25. The summed E-state index contributed by atoms with van der Waals surface area (Å²) in [5.74, 6) is 0.744. The molecule has 140 valence electrons. The van der Waals surface area contributed by atoms with Gasteiger partial charge in [-0.05, 0) is 42.3 Å². The number of aromatic nitrogens is 2. The molecule has 0 fully saturated rings. The van der Waals surface area contributed by atoms with Gasteiger partial charge in [0.15, 0.2) is 11.5 Å². The number of ether oxygens (including phenoxy) is 1. The highest BCUT2D eigenvalue weighted by Gasteiger charge is 2.21. The standard InChI is InChI=1S/C21H22ClN3O2/c1-14-18(11-23-24(14)2)13-25-6-7-27-21-17(12-25)8-16(10-20(21)26)15-4-3-5-19(22)9-15/h3-5,8-11,26H,6-7,12-13H2,1-2H3. The van der Waals surface area contributed by atoms with Gasteiger partial charge in [-0.25, -0.2) is 0 Å². The van der Waals surface area contributed by atoms with Crippen molar-refractivity contribution in [1.82, 2.24) is 14.7 Å². The van der Waals surface area contributed by atoms with Crippen LogP contribution in [0.4, 0.5) is 0 Å². The molecule has 0 amide bonds. The molecule has 4 rings (SSSR count). The van der Waals surface area contributed by atoms with Gasteiger partial charge in [0.1, 0.15) is 6.61 Å². The number of phenols is 1. The van der Waals surface area contributed by atoms with Crippen LogP contribution in [0.5, 0.6) is 11.5 Å². The lowest BCUT2D eigenvalue weighted by atomic mass is 10.0. The quantitative estimate of drug-likeness (QED) is 0.738. The zero-order chi connectivity index (χ0) is 19.0. The van der Waals surface area contributed by atoms with E-state index in [1.807, 2.05) is 42.2 Å². The first-order valence-electron chi connectivity index (χ1n) is 8.95. The first-order valence-corrected chi connectivity index (χ1v) is 9.33. The zero-order valence-corrected chi connectivity index (χ0v) is 16.2. The van der Waals surface area contributed by atoms with Gasteiger partial charge in [0.2, 0.25) is 0 Å². The highest BCUT2D eigenvalue weighted by molar-refractivity contribution is 6.30. The van der Waals surface area contributed by atoms with E-state index in [4.69, 9.17) is 16.3 Å². The van der Waals surface area contributed by atoms with E-state index in [1.54, 1.807) is 6.07 Å². The summed E-state index contributed by atoms with van der Waals surface area (Å²) in [6, 6.07) is 11.5. The predicted molar refractivity (Wildman–Crippen MR) is 106 cm³/mol. The molecule has 0 radical (unpaired) electrons. The molecule has 0 atom stereocenters. The molecule has 5 nitrogen and oxygen atoms in total. The van der Waals surface area contributed by atoms with E-state index in [0.717, 1.165) is 35.5 Å². The van der Waals surface area contributed by atoms with Crippen LogP contribution in [0.25, 0.3) is 11.1 Å². The summed E-state index contributed by atoms with van der Waals surface area (Å²) in [6.45, 7) is 4.90. The zero-order valence-electron chi connectivity index (χ0n) is 15.4. The van der Waals surface area contributed by atoms with Crippen LogP contribution in [-0.4, -0.2) is 32.9 Å². The van der Waals surface area contributed by atoms with Crippen LogP contribution in [0.1, 0.15) is 16.8 Å². The monoisotopic (exact) mass is 383 g/mol. The summed E-state index contributed by atoms with van der Waals surface area (Å²) < 4.78 is 7.75. The Bertz CT molecular complexity index is 984. The van der Waals surface area contributed by atoms with Gasteiger partial charge in [0.25, 0.3) is 0 Å². The van der Waals surface area contributed by atoms with Crippen LogP contribution in [0.15, 0.2) is 42.6 Å². The largest absolute Gasteiger partial charge is 0.504 e. The van der Waals surface area contributed by atoms with Crippen molar-refractivity contribution in [2.24, 2.45) is 7.05 Å². The molecule has 2 aromatic carbocycles. The molecule has 27 heavy (non-hydrogen) atoms. The Morgan fingerprint density at radius 3 is 2.81 bits per heavy atom. The second-order valence-corrected chi connectivity index (χ2v) is 7.37.